The normalized spacial score (nSPS) is 12.3. The molecule has 0 bridgehead atoms. The van der Waals surface area contributed by atoms with Gasteiger partial charge in [0.15, 0.2) is 0 Å². The number of nitrogens with zero attached hydrogens (tertiary/aromatic N) is 1. The molecule has 0 aliphatic carbocycles. The van der Waals surface area contributed by atoms with E-state index in [4.69, 9.17) is 11.6 Å². The summed E-state index contributed by atoms with van der Waals surface area (Å²) in [6.45, 7) is 7.49. The summed E-state index contributed by atoms with van der Waals surface area (Å²) in [6, 6.07) is 18.9. The monoisotopic (exact) mass is 484 g/mol. The van der Waals surface area contributed by atoms with Crippen molar-refractivity contribution in [3.8, 4) is 0 Å². The summed E-state index contributed by atoms with van der Waals surface area (Å²) in [7, 11) is -3.97. The third kappa shape index (κ3) is 5.75. The molecule has 0 heterocycles. The molecule has 1 atom stereocenters. The Morgan fingerprint density at radius 1 is 0.939 bits per heavy atom. The van der Waals surface area contributed by atoms with Gasteiger partial charge in [0.25, 0.3) is 10.0 Å². The van der Waals surface area contributed by atoms with Gasteiger partial charge in [-0.2, -0.15) is 0 Å². The van der Waals surface area contributed by atoms with Gasteiger partial charge in [-0.3, -0.25) is 9.10 Å². The molecule has 5 nitrogen and oxygen atoms in total. The Morgan fingerprint density at radius 2 is 1.64 bits per heavy atom. The summed E-state index contributed by atoms with van der Waals surface area (Å²) in [4.78, 5) is 13.3. The van der Waals surface area contributed by atoms with Crippen LogP contribution < -0.4 is 9.62 Å². The van der Waals surface area contributed by atoms with Crippen molar-refractivity contribution >= 4 is 33.2 Å². The molecule has 0 saturated heterocycles. The number of rotatable bonds is 8. The van der Waals surface area contributed by atoms with Gasteiger partial charge in [-0.1, -0.05) is 54.9 Å². The second kappa shape index (κ2) is 10.4. The molecule has 174 valence electrons. The second-order valence-electron chi connectivity index (χ2n) is 8.13. The maximum atomic E-state index is 13.5. The van der Waals surface area contributed by atoms with Gasteiger partial charge >= 0.3 is 0 Å². The fourth-order valence-corrected chi connectivity index (χ4v) is 5.42. The highest BCUT2D eigenvalue weighted by molar-refractivity contribution is 7.92. The summed E-state index contributed by atoms with van der Waals surface area (Å²) in [5.74, 6) is -0.381. The van der Waals surface area contributed by atoms with Crippen molar-refractivity contribution in [2.75, 3.05) is 10.8 Å². The average molecular weight is 485 g/mol. The predicted octanol–water partition coefficient (Wildman–Crippen LogP) is 5.73. The highest BCUT2D eigenvalue weighted by Gasteiger charge is 2.29. The summed E-state index contributed by atoms with van der Waals surface area (Å²) < 4.78 is 28.2. The van der Waals surface area contributed by atoms with E-state index >= 15 is 0 Å². The smallest absolute Gasteiger partial charge is 0.264 e. The lowest BCUT2D eigenvalue weighted by Crippen LogP contribution is -2.42. The molecular formula is C26H29ClN2O3S. The third-order valence-electron chi connectivity index (χ3n) is 5.72. The minimum Gasteiger partial charge on any atom is -0.348 e. The molecule has 0 spiro atoms. The van der Waals surface area contributed by atoms with Crippen LogP contribution in [0.4, 0.5) is 5.69 Å². The van der Waals surface area contributed by atoms with Crippen LogP contribution in [0.2, 0.25) is 5.02 Å². The average Bonchev–Trinajstić information content (AvgIpc) is 2.79. The van der Waals surface area contributed by atoms with E-state index in [9.17, 15) is 13.2 Å². The molecule has 0 saturated carbocycles. The SMILES string of the molecule is CCC(NC(=O)CN(c1ccc(Cl)cc1C)S(=O)(=O)c1ccccc1)c1ccc(C)c(C)c1. The Labute approximate surface area is 201 Å². The third-order valence-corrected chi connectivity index (χ3v) is 7.73. The highest BCUT2D eigenvalue weighted by Crippen LogP contribution is 2.29. The van der Waals surface area contributed by atoms with Gasteiger partial charge in [-0.05, 0) is 79.8 Å². The fourth-order valence-electron chi connectivity index (χ4n) is 3.69. The van der Waals surface area contributed by atoms with Crippen LogP contribution in [0.25, 0.3) is 0 Å². The van der Waals surface area contributed by atoms with Crippen molar-refractivity contribution in [1.29, 1.82) is 0 Å². The molecule has 3 aromatic rings. The zero-order valence-corrected chi connectivity index (χ0v) is 20.9. The summed E-state index contributed by atoms with van der Waals surface area (Å²) in [5.41, 5.74) is 4.39. The number of aryl methyl sites for hydroxylation is 3. The summed E-state index contributed by atoms with van der Waals surface area (Å²) >= 11 is 6.09. The van der Waals surface area contributed by atoms with Crippen molar-refractivity contribution in [2.45, 2.75) is 45.1 Å². The number of amides is 1. The van der Waals surface area contributed by atoms with Crippen molar-refractivity contribution in [2.24, 2.45) is 0 Å². The first-order valence-corrected chi connectivity index (χ1v) is 12.7. The maximum absolute atomic E-state index is 13.5. The van der Waals surface area contributed by atoms with Crippen molar-refractivity contribution < 1.29 is 13.2 Å². The quantitative estimate of drug-likeness (QED) is 0.444. The highest BCUT2D eigenvalue weighted by atomic mass is 35.5. The standard InChI is InChI=1S/C26H29ClN2O3S/c1-5-24(21-12-11-18(2)19(3)15-21)28-26(30)17-29(25-14-13-22(27)16-20(25)4)33(31,32)23-9-7-6-8-10-23/h6-16,24H,5,17H2,1-4H3,(H,28,30). The molecule has 1 unspecified atom stereocenters. The van der Waals surface area contributed by atoms with Crippen molar-refractivity contribution in [3.63, 3.8) is 0 Å². The number of sulfonamides is 1. The van der Waals surface area contributed by atoms with Crippen molar-refractivity contribution in [3.05, 3.63) is 94.0 Å². The number of carbonyl (C=O) groups is 1. The second-order valence-corrected chi connectivity index (χ2v) is 10.4. The Hall–Kier alpha value is -2.83. The van der Waals surface area contributed by atoms with Crippen molar-refractivity contribution in [1.82, 2.24) is 5.32 Å². The lowest BCUT2D eigenvalue weighted by molar-refractivity contribution is -0.120. The molecule has 0 aliphatic heterocycles. The molecule has 3 rings (SSSR count). The number of benzene rings is 3. The van der Waals surface area contributed by atoms with Crippen LogP contribution in [0.3, 0.4) is 0 Å². The molecule has 3 aromatic carbocycles. The van der Waals surface area contributed by atoms with E-state index in [-0.39, 0.29) is 23.4 Å². The van der Waals surface area contributed by atoms with Crippen LogP contribution in [0.5, 0.6) is 0 Å². The Bertz CT molecular complexity index is 1240. The number of nitrogens with one attached hydrogen (secondary N) is 1. The number of halogens is 1. The number of carbonyl (C=O) groups excluding carboxylic acids is 1. The first-order chi connectivity index (χ1) is 15.6. The largest absolute Gasteiger partial charge is 0.348 e. The first-order valence-electron chi connectivity index (χ1n) is 10.8. The zero-order chi connectivity index (χ0) is 24.2. The Kier molecular flexibility index (Phi) is 7.82. The topological polar surface area (TPSA) is 66.5 Å². The van der Waals surface area contributed by atoms with Crippen LogP contribution in [-0.4, -0.2) is 20.9 Å². The molecule has 0 aromatic heterocycles. The molecule has 0 radical (unpaired) electrons. The maximum Gasteiger partial charge on any atom is 0.264 e. The number of anilines is 1. The van der Waals surface area contributed by atoms with Crippen LogP contribution in [0.15, 0.2) is 71.6 Å². The van der Waals surface area contributed by atoms with E-state index in [1.807, 2.05) is 32.9 Å². The van der Waals surface area contributed by atoms with Gasteiger partial charge in [0.1, 0.15) is 6.54 Å². The number of hydrogen-bond acceptors (Lipinski definition) is 3. The minimum atomic E-state index is -3.97. The van der Waals surface area contributed by atoms with E-state index < -0.39 is 10.0 Å². The molecule has 1 amide bonds. The van der Waals surface area contributed by atoms with Crippen LogP contribution in [-0.2, 0) is 14.8 Å². The van der Waals surface area contributed by atoms with E-state index in [1.54, 1.807) is 43.3 Å². The predicted molar refractivity (Wildman–Crippen MR) is 134 cm³/mol. The summed E-state index contributed by atoms with van der Waals surface area (Å²) in [6.07, 6.45) is 0.680. The molecule has 33 heavy (non-hydrogen) atoms. The molecule has 7 heteroatoms. The van der Waals surface area contributed by atoms with Gasteiger partial charge in [-0.25, -0.2) is 8.42 Å². The Morgan fingerprint density at radius 3 is 2.24 bits per heavy atom. The first kappa shape index (κ1) is 24.8. The van der Waals surface area contributed by atoms with Gasteiger partial charge in [0.2, 0.25) is 5.91 Å². The van der Waals surface area contributed by atoms with Gasteiger partial charge in [0.05, 0.1) is 16.6 Å². The summed E-state index contributed by atoms with van der Waals surface area (Å²) in [5, 5.41) is 3.51. The van der Waals surface area contributed by atoms with Crippen LogP contribution in [0.1, 0.15) is 41.6 Å². The molecule has 0 fully saturated rings. The van der Waals surface area contributed by atoms with Crippen LogP contribution >= 0.6 is 11.6 Å². The Balaban J connectivity index is 1.94. The molecule has 0 aliphatic rings. The van der Waals surface area contributed by atoms with Gasteiger partial charge in [0, 0.05) is 5.02 Å². The van der Waals surface area contributed by atoms with E-state index in [2.05, 4.69) is 11.4 Å². The fraction of sp³-hybridized carbons (Fsp3) is 0.269. The van der Waals surface area contributed by atoms with E-state index in [1.165, 1.54) is 17.7 Å². The minimum absolute atomic E-state index is 0.119. The van der Waals surface area contributed by atoms with Crippen LogP contribution in [0, 0.1) is 20.8 Å². The van der Waals surface area contributed by atoms with E-state index in [0.717, 1.165) is 15.4 Å². The lowest BCUT2D eigenvalue weighted by Gasteiger charge is -2.27. The molecule has 1 N–H and O–H groups in total. The zero-order valence-electron chi connectivity index (χ0n) is 19.3. The van der Waals surface area contributed by atoms with Gasteiger partial charge in [-0.15, -0.1) is 0 Å². The number of hydrogen-bond donors (Lipinski definition) is 1. The van der Waals surface area contributed by atoms with E-state index in [0.29, 0.717) is 22.7 Å². The lowest BCUT2D eigenvalue weighted by atomic mass is 9.99. The van der Waals surface area contributed by atoms with Gasteiger partial charge < -0.3 is 5.32 Å². The molecular weight excluding hydrogens is 456 g/mol.